The molecule has 0 radical (unpaired) electrons. The van der Waals surface area contributed by atoms with E-state index in [0.29, 0.717) is 5.82 Å². The number of pyridine rings is 1. The van der Waals surface area contributed by atoms with Crippen molar-refractivity contribution in [2.45, 2.75) is 6.42 Å². The molecule has 4 nitrogen and oxygen atoms in total. The van der Waals surface area contributed by atoms with E-state index in [4.69, 9.17) is 10.5 Å². The molecule has 0 bridgehead atoms. The van der Waals surface area contributed by atoms with Crippen LogP contribution < -0.4 is 15.8 Å². The molecule has 0 fully saturated rings. The van der Waals surface area contributed by atoms with Crippen molar-refractivity contribution >= 4 is 11.5 Å². The van der Waals surface area contributed by atoms with Crippen molar-refractivity contribution in [1.29, 1.82) is 0 Å². The largest absolute Gasteiger partial charge is 0.497 e. The van der Waals surface area contributed by atoms with Crippen molar-refractivity contribution < 1.29 is 4.74 Å². The molecule has 0 aliphatic rings. The summed E-state index contributed by atoms with van der Waals surface area (Å²) in [6.45, 7) is 0.844. The molecule has 94 valence electrons. The average molecular weight is 243 g/mol. The molecule has 4 heteroatoms. The van der Waals surface area contributed by atoms with E-state index in [9.17, 15) is 0 Å². The quantitative estimate of drug-likeness (QED) is 0.846. The van der Waals surface area contributed by atoms with Gasteiger partial charge < -0.3 is 15.8 Å². The zero-order valence-corrected chi connectivity index (χ0v) is 10.4. The molecule has 0 spiro atoms. The van der Waals surface area contributed by atoms with Crippen molar-refractivity contribution in [2.75, 3.05) is 24.7 Å². The number of ether oxygens (including phenoxy) is 1. The molecule has 0 aliphatic carbocycles. The van der Waals surface area contributed by atoms with Crippen LogP contribution >= 0.6 is 0 Å². The highest BCUT2D eigenvalue weighted by atomic mass is 16.5. The van der Waals surface area contributed by atoms with Crippen LogP contribution in [-0.2, 0) is 6.42 Å². The number of hydrogen-bond acceptors (Lipinski definition) is 4. The van der Waals surface area contributed by atoms with Crippen molar-refractivity contribution in [3.05, 3.63) is 48.2 Å². The number of methoxy groups -OCH3 is 1. The molecule has 1 heterocycles. The maximum atomic E-state index is 5.61. The Kier molecular flexibility index (Phi) is 4.02. The summed E-state index contributed by atoms with van der Waals surface area (Å²) in [4.78, 5) is 3.95. The second-order valence-corrected chi connectivity index (χ2v) is 4.00. The van der Waals surface area contributed by atoms with Crippen LogP contribution in [-0.4, -0.2) is 18.6 Å². The summed E-state index contributed by atoms with van der Waals surface area (Å²) in [6.07, 6.45) is 2.63. The fraction of sp³-hybridized carbons (Fsp3) is 0.214. The number of nitrogens with one attached hydrogen (secondary N) is 1. The van der Waals surface area contributed by atoms with Gasteiger partial charge in [0.1, 0.15) is 11.6 Å². The van der Waals surface area contributed by atoms with Gasteiger partial charge in [0, 0.05) is 24.5 Å². The zero-order valence-electron chi connectivity index (χ0n) is 10.4. The summed E-state index contributed by atoms with van der Waals surface area (Å²) in [5.41, 5.74) is 7.84. The molecular weight excluding hydrogens is 226 g/mol. The Balaban J connectivity index is 1.88. The van der Waals surface area contributed by atoms with Crippen molar-refractivity contribution in [1.82, 2.24) is 4.98 Å². The molecule has 2 rings (SSSR count). The third-order valence-corrected chi connectivity index (χ3v) is 2.66. The van der Waals surface area contributed by atoms with Crippen LogP contribution in [0.25, 0.3) is 0 Å². The molecular formula is C14H17N3O. The van der Waals surface area contributed by atoms with Gasteiger partial charge in [0.25, 0.3) is 0 Å². The summed E-state index contributed by atoms with van der Waals surface area (Å²) >= 11 is 0. The highest BCUT2D eigenvalue weighted by molar-refractivity contribution is 5.49. The first-order valence-corrected chi connectivity index (χ1v) is 5.86. The van der Waals surface area contributed by atoms with Gasteiger partial charge in [-0.15, -0.1) is 0 Å². The first-order valence-electron chi connectivity index (χ1n) is 5.86. The van der Waals surface area contributed by atoms with Gasteiger partial charge in [0.05, 0.1) is 7.11 Å². The molecule has 0 amide bonds. The Bertz CT molecular complexity index is 514. The lowest BCUT2D eigenvalue weighted by Crippen LogP contribution is -2.05. The van der Waals surface area contributed by atoms with Crippen LogP contribution in [0.15, 0.2) is 42.6 Å². The normalized spacial score (nSPS) is 10.1. The lowest BCUT2D eigenvalue weighted by atomic mass is 10.1. The predicted molar refractivity (Wildman–Crippen MR) is 73.8 cm³/mol. The lowest BCUT2D eigenvalue weighted by Gasteiger charge is -2.07. The van der Waals surface area contributed by atoms with E-state index in [1.54, 1.807) is 13.3 Å². The van der Waals surface area contributed by atoms with Gasteiger partial charge in [-0.2, -0.15) is 0 Å². The molecule has 0 saturated carbocycles. The Morgan fingerprint density at radius 2 is 2.17 bits per heavy atom. The number of hydrogen-bond donors (Lipinski definition) is 2. The zero-order chi connectivity index (χ0) is 12.8. The van der Waals surface area contributed by atoms with Gasteiger partial charge in [-0.05, 0) is 30.2 Å². The van der Waals surface area contributed by atoms with E-state index in [2.05, 4.69) is 16.4 Å². The highest BCUT2D eigenvalue weighted by Gasteiger charge is 1.97. The van der Waals surface area contributed by atoms with E-state index >= 15 is 0 Å². The SMILES string of the molecule is COc1cccc(CCNc2ccnc(N)c2)c1. The van der Waals surface area contributed by atoms with Crippen molar-refractivity contribution in [2.24, 2.45) is 0 Å². The van der Waals surface area contributed by atoms with E-state index < -0.39 is 0 Å². The molecule has 0 unspecified atom stereocenters. The van der Waals surface area contributed by atoms with E-state index in [0.717, 1.165) is 24.4 Å². The summed E-state index contributed by atoms with van der Waals surface area (Å²) in [5.74, 6) is 1.42. The Morgan fingerprint density at radius 1 is 1.28 bits per heavy atom. The maximum absolute atomic E-state index is 5.61. The van der Waals surface area contributed by atoms with Gasteiger partial charge in [0.2, 0.25) is 0 Å². The number of nitrogen functional groups attached to an aromatic ring is 1. The van der Waals surface area contributed by atoms with Crippen LogP contribution in [0.5, 0.6) is 5.75 Å². The predicted octanol–water partition coefficient (Wildman–Crippen LogP) is 2.33. The third-order valence-electron chi connectivity index (χ3n) is 2.66. The fourth-order valence-electron chi connectivity index (χ4n) is 1.74. The van der Waals surface area contributed by atoms with Crippen molar-refractivity contribution in [3.63, 3.8) is 0 Å². The van der Waals surface area contributed by atoms with Gasteiger partial charge in [-0.1, -0.05) is 12.1 Å². The summed E-state index contributed by atoms with van der Waals surface area (Å²) in [7, 11) is 1.68. The third kappa shape index (κ3) is 3.38. The van der Waals surface area contributed by atoms with Crippen LogP contribution in [0.2, 0.25) is 0 Å². The smallest absolute Gasteiger partial charge is 0.125 e. The monoisotopic (exact) mass is 243 g/mol. The Morgan fingerprint density at radius 3 is 2.94 bits per heavy atom. The minimum Gasteiger partial charge on any atom is -0.497 e. The molecule has 1 aromatic carbocycles. The van der Waals surface area contributed by atoms with Crippen LogP contribution in [0.1, 0.15) is 5.56 Å². The molecule has 3 N–H and O–H groups in total. The summed E-state index contributed by atoms with van der Waals surface area (Å²) < 4.78 is 5.19. The summed E-state index contributed by atoms with van der Waals surface area (Å²) in [5, 5.41) is 3.31. The molecule has 2 aromatic rings. The van der Waals surface area contributed by atoms with E-state index in [1.165, 1.54) is 5.56 Å². The fourth-order valence-corrected chi connectivity index (χ4v) is 1.74. The first kappa shape index (κ1) is 12.2. The molecule has 0 atom stereocenters. The van der Waals surface area contributed by atoms with E-state index in [1.807, 2.05) is 30.3 Å². The second-order valence-electron chi connectivity index (χ2n) is 4.00. The maximum Gasteiger partial charge on any atom is 0.125 e. The van der Waals surface area contributed by atoms with Crippen LogP contribution in [0.3, 0.4) is 0 Å². The van der Waals surface area contributed by atoms with Crippen LogP contribution in [0.4, 0.5) is 11.5 Å². The molecule has 18 heavy (non-hydrogen) atoms. The number of nitrogens with zero attached hydrogens (tertiary/aromatic N) is 1. The van der Waals surface area contributed by atoms with Gasteiger partial charge in [-0.3, -0.25) is 0 Å². The second kappa shape index (κ2) is 5.91. The first-order chi connectivity index (χ1) is 8.78. The lowest BCUT2D eigenvalue weighted by molar-refractivity contribution is 0.414. The van der Waals surface area contributed by atoms with Crippen molar-refractivity contribution in [3.8, 4) is 5.75 Å². The minimum absolute atomic E-state index is 0.529. The Hall–Kier alpha value is -2.23. The molecule has 0 saturated heterocycles. The van der Waals surface area contributed by atoms with Gasteiger partial charge in [0.15, 0.2) is 0 Å². The molecule has 1 aromatic heterocycles. The average Bonchev–Trinajstić information content (AvgIpc) is 2.39. The van der Waals surface area contributed by atoms with Gasteiger partial charge in [-0.25, -0.2) is 4.98 Å². The number of aromatic nitrogens is 1. The highest BCUT2D eigenvalue weighted by Crippen LogP contribution is 2.13. The summed E-state index contributed by atoms with van der Waals surface area (Å²) in [6, 6.07) is 11.8. The molecule has 0 aliphatic heterocycles. The Labute approximate surface area is 107 Å². The number of rotatable bonds is 5. The topological polar surface area (TPSA) is 60.2 Å². The number of anilines is 2. The van der Waals surface area contributed by atoms with Crippen LogP contribution in [0, 0.1) is 0 Å². The minimum atomic E-state index is 0.529. The standard InChI is InChI=1S/C14H17N3O/c1-18-13-4-2-3-11(9-13)5-7-16-12-6-8-17-14(15)10-12/h2-4,6,8-10H,5,7H2,1H3,(H3,15,16,17). The van der Waals surface area contributed by atoms with Gasteiger partial charge >= 0.3 is 0 Å². The number of nitrogens with two attached hydrogens (primary N) is 1. The van der Waals surface area contributed by atoms with E-state index in [-0.39, 0.29) is 0 Å². The number of benzene rings is 1.